The van der Waals surface area contributed by atoms with Crippen LogP contribution in [0.4, 0.5) is 0 Å². The van der Waals surface area contributed by atoms with E-state index in [4.69, 9.17) is 5.11 Å². The maximum Gasteiger partial charge on any atom is 0.326 e. The number of halogens is 1. The number of rotatable bonds is 6. The van der Waals surface area contributed by atoms with Crippen LogP contribution in [0.1, 0.15) is 28.8 Å². The van der Waals surface area contributed by atoms with Gasteiger partial charge in [-0.2, -0.15) is 0 Å². The fraction of sp³-hybridized carbons (Fsp3) is 0.357. The smallest absolute Gasteiger partial charge is 0.326 e. The maximum absolute atomic E-state index is 12.0. The molecule has 0 fully saturated rings. The summed E-state index contributed by atoms with van der Waals surface area (Å²) in [7, 11) is 1.22. The van der Waals surface area contributed by atoms with Crippen LogP contribution in [0.2, 0.25) is 0 Å². The molecule has 0 aliphatic carbocycles. The van der Waals surface area contributed by atoms with Crippen molar-refractivity contribution < 1.29 is 24.2 Å². The highest BCUT2D eigenvalue weighted by molar-refractivity contribution is 9.10. The molecule has 7 heteroatoms. The monoisotopic (exact) mass is 357 g/mol. The lowest BCUT2D eigenvalue weighted by Crippen LogP contribution is -2.41. The lowest BCUT2D eigenvalue weighted by atomic mass is 10.1. The van der Waals surface area contributed by atoms with E-state index in [1.807, 2.05) is 6.92 Å². The summed E-state index contributed by atoms with van der Waals surface area (Å²) in [6.07, 6.45) is -0.105. The first kappa shape index (κ1) is 17.2. The van der Waals surface area contributed by atoms with Crippen molar-refractivity contribution in [3.05, 3.63) is 33.8 Å². The summed E-state index contributed by atoms with van der Waals surface area (Å²) in [6, 6.07) is 3.83. The van der Waals surface area contributed by atoms with E-state index in [9.17, 15) is 14.4 Å². The van der Waals surface area contributed by atoms with Gasteiger partial charge >= 0.3 is 11.9 Å². The lowest BCUT2D eigenvalue weighted by molar-refractivity contribution is -0.142. The van der Waals surface area contributed by atoms with Gasteiger partial charge in [0.15, 0.2) is 0 Å². The second-order valence-electron chi connectivity index (χ2n) is 4.44. The number of amides is 1. The molecule has 1 unspecified atom stereocenters. The van der Waals surface area contributed by atoms with E-state index in [0.717, 1.165) is 10.0 Å². The average molecular weight is 358 g/mol. The van der Waals surface area contributed by atoms with Gasteiger partial charge in [0, 0.05) is 16.5 Å². The quantitative estimate of drug-likeness (QED) is 0.758. The van der Waals surface area contributed by atoms with E-state index in [1.165, 1.54) is 7.11 Å². The molecular formula is C14H16BrNO5. The lowest BCUT2D eigenvalue weighted by Gasteiger charge is -2.14. The molecule has 0 aliphatic rings. The molecule has 1 aromatic rings. The van der Waals surface area contributed by atoms with Crippen LogP contribution in [0.15, 0.2) is 22.7 Å². The van der Waals surface area contributed by atoms with Gasteiger partial charge in [0.1, 0.15) is 6.04 Å². The molecule has 0 aromatic heterocycles. The van der Waals surface area contributed by atoms with Crippen LogP contribution in [-0.2, 0) is 14.3 Å². The fourth-order valence-electron chi connectivity index (χ4n) is 1.60. The van der Waals surface area contributed by atoms with Crippen molar-refractivity contribution in [2.45, 2.75) is 25.8 Å². The number of carbonyl (C=O) groups is 3. The molecule has 6 nitrogen and oxygen atoms in total. The minimum Gasteiger partial charge on any atom is -0.480 e. The van der Waals surface area contributed by atoms with Gasteiger partial charge in [-0.05, 0) is 31.0 Å². The van der Waals surface area contributed by atoms with Crippen molar-refractivity contribution in [3.8, 4) is 0 Å². The molecule has 2 N–H and O–H groups in total. The molecule has 1 rings (SSSR count). The third-order valence-corrected chi connectivity index (χ3v) is 3.76. The van der Waals surface area contributed by atoms with Crippen LogP contribution in [0.25, 0.3) is 0 Å². The highest BCUT2D eigenvalue weighted by atomic mass is 79.9. The number of hydrogen-bond acceptors (Lipinski definition) is 4. The zero-order chi connectivity index (χ0) is 16.0. The minimum atomic E-state index is -1.20. The van der Waals surface area contributed by atoms with E-state index >= 15 is 0 Å². The van der Waals surface area contributed by atoms with Crippen LogP contribution < -0.4 is 5.32 Å². The number of esters is 1. The minimum absolute atomic E-state index is 0.0270. The number of benzene rings is 1. The number of nitrogens with one attached hydrogen (secondary N) is 1. The van der Waals surface area contributed by atoms with Crippen LogP contribution in [0, 0.1) is 6.92 Å². The number of carbonyl (C=O) groups excluding carboxylic acids is 2. The number of hydrogen-bond donors (Lipinski definition) is 2. The number of aryl methyl sites for hydroxylation is 1. The van der Waals surface area contributed by atoms with Gasteiger partial charge < -0.3 is 15.2 Å². The standard InChI is InChI=1S/C14H16BrNO5/c1-8-3-4-9(7-10(8)15)13(18)16-11(14(19)20)5-6-12(17)21-2/h3-4,7,11H,5-6H2,1-2H3,(H,16,18)(H,19,20). The summed E-state index contributed by atoms with van der Waals surface area (Å²) in [5.41, 5.74) is 1.31. The molecule has 0 saturated carbocycles. The number of carboxylic acid groups (broad SMARTS) is 1. The highest BCUT2D eigenvalue weighted by Gasteiger charge is 2.22. The number of carboxylic acids is 1. The predicted molar refractivity (Wildman–Crippen MR) is 79.0 cm³/mol. The second-order valence-corrected chi connectivity index (χ2v) is 5.30. The normalized spacial score (nSPS) is 11.6. The van der Waals surface area contributed by atoms with Gasteiger partial charge in [0.25, 0.3) is 5.91 Å². The molecule has 1 atom stereocenters. The van der Waals surface area contributed by atoms with Crippen molar-refractivity contribution in [2.75, 3.05) is 7.11 Å². The molecule has 1 aromatic carbocycles. The largest absolute Gasteiger partial charge is 0.480 e. The van der Waals surface area contributed by atoms with Crippen molar-refractivity contribution in [3.63, 3.8) is 0 Å². The molecule has 21 heavy (non-hydrogen) atoms. The summed E-state index contributed by atoms with van der Waals surface area (Å²) in [5.74, 6) is -2.22. The Hall–Kier alpha value is -1.89. The Labute approximate surface area is 130 Å². The van der Waals surface area contributed by atoms with Gasteiger partial charge in [-0.15, -0.1) is 0 Å². The van der Waals surface area contributed by atoms with Gasteiger partial charge in [0.2, 0.25) is 0 Å². The third-order valence-electron chi connectivity index (χ3n) is 2.90. The molecule has 0 saturated heterocycles. The van der Waals surface area contributed by atoms with Crippen LogP contribution in [0.3, 0.4) is 0 Å². The highest BCUT2D eigenvalue weighted by Crippen LogP contribution is 2.17. The number of methoxy groups -OCH3 is 1. The predicted octanol–water partition coefficient (Wildman–Crippen LogP) is 1.89. The zero-order valence-electron chi connectivity index (χ0n) is 11.7. The molecular weight excluding hydrogens is 342 g/mol. The van der Waals surface area contributed by atoms with Gasteiger partial charge in [-0.25, -0.2) is 4.79 Å². The third kappa shape index (κ3) is 5.18. The first-order valence-corrected chi connectivity index (χ1v) is 7.01. The zero-order valence-corrected chi connectivity index (χ0v) is 13.3. The summed E-state index contributed by atoms with van der Waals surface area (Å²) in [6.45, 7) is 1.88. The molecule has 0 bridgehead atoms. The van der Waals surface area contributed by atoms with Crippen LogP contribution >= 0.6 is 15.9 Å². The van der Waals surface area contributed by atoms with Crippen molar-refractivity contribution in [1.82, 2.24) is 5.32 Å². The second kappa shape index (κ2) is 7.78. The molecule has 114 valence electrons. The topological polar surface area (TPSA) is 92.7 Å². The molecule has 1 amide bonds. The van der Waals surface area contributed by atoms with E-state index in [0.29, 0.717) is 5.56 Å². The summed E-state index contributed by atoms with van der Waals surface area (Å²) < 4.78 is 5.21. The first-order chi connectivity index (χ1) is 9.85. The Kier molecular flexibility index (Phi) is 6.36. The maximum atomic E-state index is 12.0. The molecule has 0 aliphatic heterocycles. The fourth-order valence-corrected chi connectivity index (χ4v) is 1.98. The SMILES string of the molecule is COC(=O)CCC(NC(=O)c1ccc(C)c(Br)c1)C(=O)O. The summed E-state index contributed by atoms with van der Waals surface area (Å²) in [5, 5.41) is 11.5. The number of ether oxygens (including phenoxy) is 1. The Morgan fingerprint density at radius 3 is 2.57 bits per heavy atom. The van der Waals surface area contributed by atoms with E-state index in [2.05, 4.69) is 26.0 Å². The van der Waals surface area contributed by atoms with Gasteiger partial charge in [0.05, 0.1) is 7.11 Å². The van der Waals surface area contributed by atoms with Gasteiger partial charge in [-0.1, -0.05) is 22.0 Å². The van der Waals surface area contributed by atoms with Crippen molar-refractivity contribution >= 4 is 33.8 Å². The summed E-state index contributed by atoms with van der Waals surface area (Å²) in [4.78, 5) is 34.2. The Balaban J connectivity index is 2.74. The average Bonchev–Trinajstić information content (AvgIpc) is 2.45. The molecule has 0 heterocycles. The van der Waals surface area contributed by atoms with E-state index in [-0.39, 0.29) is 12.8 Å². The van der Waals surface area contributed by atoms with Crippen LogP contribution in [0.5, 0.6) is 0 Å². The number of aliphatic carboxylic acids is 1. The summed E-state index contributed by atoms with van der Waals surface area (Å²) >= 11 is 3.31. The first-order valence-electron chi connectivity index (χ1n) is 6.21. The Morgan fingerprint density at radius 1 is 1.38 bits per heavy atom. The van der Waals surface area contributed by atoms with Crippen LogP contribution in [-0.4, -0.2) is 36.1 Å². The van der Waals surface area contributed by atoms with Gasteiger partial charge in [-0.3, -0.25) is 9.59 Å². The van der Waals surface area contributed by atoms with Crippen molar-refractivity contribution in [1.29, 1.82) is 0 Å². The Bertz CT molecular complexity index is 558. The van der Waals surface area contributed by atoms with E-state index in [1.54, 1.807) is 18.2 Å². The molecule has 0 spiro atoms. The van der Waals surface area contributed by atoms with E-state index < -0.39 is 23.9 Å². The molecule has 0 radical (unpaired) electrons. The van der Waals surface area contributed by atoms with Crippen molar-refractivity contribution in [2.24, 2.45) is 0 Å². The Morgan fingerprint density at radius 2 is 2.05 bits per heavy atom.